The predicted molar refractivity (Wildman–Crippen MR) is 128 cm³/mol. The van der Waals surface area contributed by atoms with Gasteiger partial charge in [0, 0.05) is 19.0 Å². The molecule has 0 saturated carbocycles. The standard InChI is InChI=1S/C25H27FN2O5S/c1-15-12-19(25(32)33-21(10-4-16(2)29)13-27-17(3)30)7-11-22(15)28-23(31)14-34-24(28)18-5-8-20(26)9-6-18/h5-9,11-12,21,24H,4,10,13-14H2,1-3H3,(H,27,30). The van der Waals surface area contributed by atoms with Crippen molar-refractivity contribution in [2.75, 3.05) is 17.2 Å². The molecule has 7 nitrogen and oxygen atoms in total. The van der Waals surface area contributed by atoms with Crippen molar-refractivity contribution in [3.63, 3.8) is 0 Å². The van der Waals surface area contributed by atoms with Gasteiger partial charge >= 0.3 is 5.97 Å². The number of amides is 2. The highest BCUT2D eigenvalue weighted by atomic mass is 32.2. The number of carbonyl (C=O) groups is 4. The van der Waals surface area contributed by atoms with Crippen molar-refractivity contribution in [1.82, 2.24) is 5.32 Å². The molecule has 2 amide bonds. The Bertz CT molecular complexity index is 1070. The van der Waals surface area contributed by atoms with Crippen LogP contribution in [0, 0.1) is 12.7 Å². The van der Waals surface area contributed by atoms with Crippen molar-refractivity contribution < 1.29 is 28.3 Å². The number of nitrogens with one attached hydrogen (secondary N) is 1. The third-order valence-corrected chi connectivity index (χ3v) is 6.60. The highest BCUT2D eigenvalue weighted by Crippen LogP contribution is 2.42. The van der Waals surface area contributed by atoms with Crippen molar-refractivity contribution in [3.8, 4) is 0 Å². The lowest BCUT2D eigenvalue weighted by atomic mass is 10.1. The topological polar surface area (TPSA) is 92.8 Å². The Hall–Kier alpha value is -3.20. The Morgan fingerprint density at radius 2 is 1.88 bits per heavy atom. The highest BCUT2D eigenvalue weighted by molar-refractivity contribution is 8.00. The van der Waals surface area contributed by atoms with Crippen LogP contribution in [-0.2, 0) is 19.1 Å². The number of ketones is 1. The Balaban J connectivity index is 1.77. The lowest BCUT2D eigenvalue weighted by Crippen LogP contribution is -2.34. The molecule has 180 valence electrons. The Labute approximate surface area is 202 Å². The van der Waals surface area contributed by atoms with Gasteiger partial charge in [0.1, 0.15) is 23.1 Å². The number of anilines is 1. The molecule has 1 saturated heterocycles. The first-order valence-electron chi connectivity index (χ1n) is 10.9. The molecule has 1 aliphatic rings. The molecule has 2 aromatic carbocycles. The van der Waals surface area contributed by atoms with E-state index in [-0.39, 0.29) is 41.8 Å². The van der Waals surface area contributed by atoms with Crippen LogP contribution in [0.25, 0.3) is 0 Å². The number of halogens is 1. The van der Waals surface area contributed by atoms with E-state index < -0.39 is 12.1 Å². The normalized spacial score (nSPS) is 16.3. The molecule has 0 aliphatic carbocycles. The van der Waals surface area contributed by atoms with Crippen molar-refractivity contribution in [2.45, 2.75) is 45.1 Å². The first-order chi connectivity index (χ1) is 16.2. The van der Waals surface area contributed by atoms with Gasteiger partial charge in [-0.25, -0.2) is 9.18 Å². The second-order valence-electron chi connectivity index (χ2n) is 8.19. The molecule has 2 unspecified atom stereocenters. The molecule has 3 rings (SSSR count). The number of esters is 1. The lowest BCUT2D eigenvalue weighted by Gasteiger charge is -2.26. The minimum Gasteiger partial charge on any atom is -0.457 e. The van der Waals surface area contributed by atoms with E-state index in [1.54, 1.807) is 42.2 Å². The van der Waals surface area contributed by atoms with Crippen molar-refractivity contribution in [3.05, 3.63) is 65.0 Å². The fraction of sp³-hybridized carbons (Fsp3) is 0.360. The van der Waals surface area contributed by atoms with E-state index in [0.717, 1.165) is 5.56 Å². The summed E-state index contributed by atoms with van der Waals surface area (Å²) in [5.74, 6) is -0.987. The van der Waals surface area contributed by atoms with Gasteiger partial charge in [0.25, 0.3) is 0 Å². The summed E-state index contributed by atoms with van der Waals surface area (Å²) in [6.45, 7) is 4.73. The molecule has 1 aliphatic heterocycles. The van der Waals surface area contributed by atoms with Crippen LogP contribution in [-0.4, -0.2) is 42.0 Å². The van der Waals surface area contributed by atoms with Gasteiger partial charge in [-0.15, -0.1) is 11.8 Å². The second-order valence-corrected chi connectivity index (χ2v) is 9.25. The van der Waals surface area contributed by atoms with Crippen LogP contribution in [0.2, 0.25) is 0 Å². The number of nitrogens with zero attached hydrogens (tertiary/aromatic N) is 1. The molecule has 1 heterocycles. The fourth-order valence-electron chi connectivity index (χ4n) is 3.66. The van der Waals surface area contributed by atoms with Crippen LogP contribution >= 0.6 is 11.8 Å². The van der Waals surface area contributed by atoms with Crippen LogP contribution in [0.15, 0.2) is 42.5 Å². The molecule has 1 N–H and O–H groups in total. The number of hydrogen-bond donors (Lipinski definition) is 1. The quantitative estimate of drug-likeness (QED) is 0.540. The summed E-state index contributed by atoms with van der Waals surface area (Å²) in [7, 11) is 0. The summed E-state index contributed by atoms with van der Waals surface area (Å²) < 4.78 is 18.9. The molecule has 0 spiro atoms. The maximum Gasteiger partial charge on any atom is 0.338 e. The van der Waals surface area contributed by atoms with Gasteiger partial charge in [0.2, 0.25) is 11.8 Å². The monoisotopic (exact) mass is 486 g/mol. The van der Waals surface area contributed by atoms with Crippen LogP contribution < -0.4 is 10.2 Å². The molecule has 2 aromatic rings. The number of aryl methyl sites for hydroxylation is 1. The number of carbonyl (C=O) groups excluding carboxylic acids is 4. The third kappa shape index (κ3) is 6.44. The molecule has 9 heteroatoms. The predicted octanol–water partition coefficient (Wildman–Crippen LogP) is 3.94. The second kappa shape index (κ2) is 11.3. The average Bonchev–Trinajstić information content (AvgIpc) is 3.16. The van der Waals surface area contributed by atoms with E-state index >= 15 is 0 Å². The summed E-state index contributed by atoms with van der Waals surface area (Å²) in [6, 6.07) is 11.0. The van der Waals surface area contributed by atoms with E-state index in [2.05, 4.69) is 5.32 Å². The molecule has 2 atom stereocenters. The zero-order valence-electron chi connectivity index (χ0n) is 19.3. The number of ether oxygens (including phenoxy) is 1. The van der Waals surface area contributed by atoms with E-state index in [4.69, 9.17) is 4.74 Å². The van der Waals surface area contributed by atoms with Gasteiger partial charge in [0.05, 0.1) is 17.9 Å². The minimum atomic E-state index is -0.639. The van der Waals surface area contributed by atoms with Crippen molar-refractivity contribution >= 4 is 41.0 Å². The van der Waals surface area contributed by atoms with Gasteiger partial charge in [-0.05, 0) is 61.7 Å². The molecule has 0 bridgehead atoms. The summed E-state index contributed by atoms with van der Waals surface area (Å²) in [5.41, 5.74) is 2.48. The lowest BCUT2D eigenvalue weighted by molar-refractivity contribution is -0.119. The van der Waals surface area contributed by atoms with E-state index in [9.17, 15) is 23.6 Å². The zero-order valence-corrected chi connectivity index (χ0v) is 20.1. The van der Waals surface area contributed by atoms with Crippen LogP contribution in [0.4, 0.5) is 10.1 Å². The third-order valence-electron chi connectivity index (χ3n) is 5.39. The number of thioether (sulfide) groups is 1. The number of Topliss-reactive ketones (excluding diaryl/α,β-unsaturated/α-hetero) is 1. The Kier molecular flexibility index (Phi) is 8.44. The molecule has 1 fully saturated rings. The van der Waals surface area contributed by atoms with E-state index in [1.807, 2.05) is 0 Å². The van der Waals surface area contributed by atoms with Crippen molar-refractivity contribution in [1.29, 1.82) is 0 Å². The Morgan fingerprint density at radius 3 is 2.50 bits per heavy atom. The molecule has 0 radical (unpaired) electrons. The smallest absolute Gasteiger partial charge is 0.338 e. The molecular weight excluding hydrogens is 459 g/mol. The summed E-state index contributed by atoms with van der Waals surface area (Å²) in [6.07, 6.45) is -0.105. The Morgan fingerprint density at radius 1 is 1.18 bits per heavy atom. The maximum atomic E-state index is 13.4. The summed E-state index contributed by atoms with van der Waals surface area (Å²) >= 11 is 1.46. The van der Waals surface area contributed by atoms with Gasteiger partial charge < -0.3 is 14.8 Å². The SMILES string of the molecule is CC(=O)CCC(CNC(C)=O)OC(=O)c1ccc(N2C(=O)CSC2c2ccc(F)cc2)c(C)c1. The van der Waals surface area contributed by atoms with Crippen molar-refractivity contribution in [2.24, 2.45) is 0 Å². The van der Waals surface area contributed by atoms with Crippen LogP contribution in [0.5, 0.6) is 0 Å². The van der Waals surface area contributed by atoms with Gasteiger partial charge in [0.15, 0.2) is 0 Å². The molecular formula is C25H27FN2O5S. The summed E-state index contributed by atoms with van der Waals surface area (Å²) in [4.78, 5) is 49.7. The molecule has 34 heavy (non-hydrogen) atoms. The molecule has 0 aromatic heterocycles. The highest BCUT2D eigenvalue weighted by Gasteiger charge is 2.35. The summed E-state index contributed by atoms with van der Waals surface area (Å²) in [5, 5.41) is 2.32. The van der Waals surface area contributed by atoms with Crippen LogP contribution in [0.3, 0.4) is 0 Å². The van der Waals surface area contributed by atoms with E-state index in [1.165, 1.54) is 37.7 Å². The maximum absolute atomic E-state index is 13.4. The minimum absolute atomic E-state index is 0.0343. The first-order valence-corrected chi connectivity index (χ1v) is 11.9. The largest absolute Gasteiger partial charge is 0.457 e. The van der Waals surface area contributed by atoms with Gasteiger partial charge in [-0.3, -0.25) is 14.5 Å². The van der Waals surface area contributed by atoms with Gasteiger partial charge in [-0.2, -0.15) is 0 Å². The first kappa shape index (κ1) is 25.4. The van der Waals surface area contributed by atoms with Crippen LogP contribution in [0.1, 0.15) is 53.5 Å². The number of hydrogen-bond acceptors (Lipinski definition) is 6. The zero-order chi connectivity index (χ0) is 24.8. The fourth-order valence-corrected chi connectivity index (χ4v) is 4.82. The van der Waals surface area contributed by atoms with Gasteiger partial charge in [-0.1, -0.05) is 12.1 Å². The van der Waals surface area contributed by atoms with E-state index in [0.29, 0.717) is 29.0 Å². The number of benzene rings is 2. The average molecular weight is 487 g/mol. The number of rotatable bonds is 9.